The second kappa shape index (κ2) is 12.9. The van der Waals surface area contributed by atoms with Crippen LogP contribution in [0.3, 0.4) is 0 Å². The molecule has 0 spiro atoms. The molecule has 0 saturated carbocycles. The minimum Gasteiger partial charge on any atom is -0.449 e. The van der Waals surface area contributed by atoms with Crippen LogP contribution in [0.2, 0.25) is 0 Å². The Morgan fingerprint density at radius 3 is 2.40 bits per heavy atom. The zero-order valence-electron chi connectivity index (χ0n) is 24.7. The molecule has 2 N–H and O–H groups in total. The van der Waals surface area contributed by atoms with E-state index < -0.39 is 41.3 Å². The molecule has 2 aliphatic heterocycles. The molecule has 222 valence electrons. The van der Waals surface area contributed by atoms with Crippen molar-refractivity contribution < 1.29 is 38.7 Å². The molecule has 3 unspecified atom stereocenters. The summed E-state index contributed by atoms with van der Waals surface area (Å²) in [6.07, 6.45) is 4.21. The lowest BCUT2D eigenvalue weighted by molar-refractivity contribution is -0.402. The van der Waals surface area contributed by atoms with Crippen LogP contribution in [0.15, 0.2) is 54.8 Å². The number of carbonyl (C=O) groups is 2. The second-order valence-electron chi connectivity index (χ2n) is 11.6. The van der Waals surface area contributed by atoms with Gasteiger partial charge in [0.25, 0.3) is 0 Å². The fourth-order valence-electron chi connectivity index (χ4n) is 6.07. The molecular weight excluding hydrogens is 512 g/mol. The van der Waals surface area contributed by atoms with Crippen molar-refractivity contribution in [3.05, 3.63) is 60.4 Å². The van der Waals surface area contributed by atoms with E-state index in [0.717, 1.165) is 38.2 Å². The Labute approximate surface area is 238 Å². The summed E-state index contributed by atoms with van der Waals surface area (Å²) >= 11 is 0. The van der Waals surface area contributed by atoms with Crippen LogP contribution in [0, 0.1) is 11.8 Å². The Morgan fingerprint density at radius 1 is 1.12 bits per heavy atom. The first-order valence-electron chi connectivity index (χ1n) is 14.4. The van der Waals surface area contributed by atoms with Crippen molar-refractivity contribution in [2.24, 2.45) is 11.8 Å². The summed E-state index contributed by atoms with van der Waals surface area (Å²) in [4.78, 5) is 25.5. The molecule has 2 heterocycles. The molecule has 0 aliphatic carbocycles. The van der Waals surface area contributed by atoms with Gasteiger partial charge >= 0.3 is 17.9 Å². The normalized spacial score (nSPS) is 31.9. The van der Waals surface area contributed by atoms with Crippen LogP contribution >= 0.6 is 0 Å². The van der Waals surface area contributed by atoms with Gasteiger partial charge in [0.15, 0.2) is 5.60 Å². The number of hydrogen-bond acceptors (Lipinski definition) is 8. The van der Waals surface area contributed by atoms with Gasteiger partial charge in [-0.25, -0.2) is 4.79 Å². The van der Waals surface area contributed by atoms with Gasteiger partial charge < -0.3 is 24.4 Å². The average Bonchev–Trinajstić information content (AvgIpc) is 3.05. The number of hydrogen-bond donors (Lipinski definition) is 2. The quantitative estimate of drug-likeness (QED) is 0.240. The van der Waals surface area contributed by atoms with Crippen molar-refractivity contribution in [1.82, 2.24) is 0 Å². The number of ether oxygens (including phenoxy) is 4. The Balaban J connectivity index is 2.02. The molecule has 40 heavy (non-hydrogen) atoms. The van der Waals surface area contributed by atoms with Crippen molar-refractivity contribution in [1.29, 1.82) is 0 Å². The molecule has 2 bridgehead atoms. The van der Waals surface area contributed by atoms with E-state index in [1.54, 1.807) is 6.08 Å². The lowest BCUT2D eigenvalue weighted by atomic mass is 9.73. The lowest BCUT2D eigenvalue weighted by Gasteiger charge is -2.45. The van der Waals surface area contributed by atoms with Crippen molar-refractivity contribution in [3.8, 4) is 0 Å². The Hall–Kier alpha value is -2.68. The van der Waals surface area contributed by atoms with Crippen molar-refractivity contribution in [3.63, 3.8) is 0 Å². The first kappa shape index (κ1) is 31.8. The van der Waals surface area contributed by atoms with E-state index in [9.17, 15) is 19.8 Å². The smallest absolute Gasteiger partial charge is 0.406 e. The lowest BCUT2D eigenvalue weighted by Crippen LogP contribution is -2.62. The average molecular weight is 559 g/mol. The molecule has 0 amide bonds. The monoisotopic (exact) mass is 558 g/mol. The molecule has 2 saturated heterocycles. The maximum Gasteiger partial charge on any atom is 0.406 e. The van der Waals surface area contributed by atoms with Gasteiger partial charge in [0.05, 0.1) is 0 Å². The number of aliphatic hydroxyl groups is 2. The van der Waals surface area contributed by atoms with Gasteiger partial charge in [-0.15, -0.1) is 0 Å². The third-order valence-electron chi connectivity index (χ3n) is 8.44. The van der Waals surface area contributed by atoms with E-state index in [0.29, 0.717) is 12.3 Å². The molecule has 2 fully saturated rings. The fraction of sp³-hybridized carbons (Fsp3) is 0.625. The van der Waals surface area contributed by atoms with E-state index in [4.69, 9.17) is 18.9 Å². The summed E-state index contributed by atoms with van der Waals surface area (Å²) in [7, 11) is 0. The Kier molecular flexibility index (Phi) is 10.3. The van der Waals surface area contributed by atoms with Crippen LogP contribution in [0.1, 0.15) is 91.5 Å². The first-order valence-corrected chi connectivity index (χ1v) is 14.4. The standard InChI is InChI=1S/C32H46O8/c1-8-13-25(26-14-11-10-12-15-26)18-19-31(39-27(34)17-16-22(4)20-21(3)9-2)29(36)32(38-24(6)33)37-23(5)28(35)30(31,7)40-32/h10-12,14-17,21-22,25,28-29,35-36H,5,8-9,13,18-20H2,1-4,6-7H3/t21?,22?,25-,28-,29+,30+,31+,32?/m0/s1. The largest absolute Gasteiger partial charge is 0.449 e. The van der Waals surface area contributed by atoms with Crippen LogP contribution in [0.5, 0.6) is 0 Å². The molecule has 3 rings (SSSR count). The highest BCUT2D eigenvalue weighted by Gasteiger charge is 2.80. The summed E-state index contributed by atoms with van der Waals surface area (Å²) in [5.41, 5.74) is -2.44. The first-order chi connectivity index (χ1) is 18.8. The number of carbonyl (C=O) groups excluding carboxylic acids is 2. The molecule has 8 nitrogen and oxygen atoms in total. The molecule has 0 radical (unpaired) electrons. The zero-order valence-corrected chi connectivity index (χ0v) is 24.7. The number of rotatable bonds is 13. The topological polar surface area (TPSA) is 112 Å². The number of benzene rings is 1. The van der Waals surface area contributed by atoms with E-state index in [-0.39, 0.29) is 24.0 Å². The van der Waals surface area contributed by atoms with Gasteiger partial charge in [-0.2, -0.15) is 0 Å². The third-order valence-corrected chi connectivity index (χ3v) is 8.44. The van der Waals surface area contributed by atoms with Gasteiger partial charge in [-0.05, 0) is 55.9 Å². The van der Waals surface area contributed by atoms with Crippen LogP contribution in [-0.2, 0) is 28.5 Å². The predicted octanol–water partition coefficient (Wildman–Crippen LogP) is 5.53. The van der Waals surface area contributed by atoms with Gasteiger partial charge in [-0.1, -0.05) is 83.5 Å². The van der Waals surface area contributed by atoms with E-state index in [1.807, 2.05) is 37.3 Å². The van der Waals surface area contributed by atoms with Crippen LogP contribution in [-0.4, -0.2) is 51.5 Å². The van der Waals surface area contributed by atoms with Crippen molar-refractivity contribution in [2.45, 2.75) is 115 Å². The third kappa shape index (κ3) is 6.29. The van der Waals surface area contributed by atoms with Gasteiger partial charge in [0.1, 0.15) is 17.5 Å². The highest BCUT2D eigenvalue weighted by atomic mass is 16.9. The molecule has 8 heteroatoms. The van der Waals surface area contributed by atoms with Crippen LogP contribution in [0.25, 0.3) is 0 Å². The summed E-state index contributed by atoms with van der Waals surface area (Å²) in [6.45, 7) is 14.9. The minimum atomic E-state index is -2.32. The second-order valence-corrected chi connectivity index (χ2v) is 11.6. The van der Waals surface area contributed by atoms with Crippen molar-refractivity contribution in [2.75, 3.05) is 0 Å². The van der Waals surface area contributed by atoms with E-state index >= 15 is 0 Å². The zero-order chi connectivity index (χ0) is 29.7. The molecule has 1 aromatic rings. The highest BCUT2D eigenvalue weighted by Crippen LogP contribution is 2.58. The number of esters is 2. The summed E-state index contributed by atoms with van der Waals surface area (Å²) in [5, 5.41) is 23.1. The predicted molar refractivity (Wildman–Crippen MR) is 151 cm³/mol. The van der Waals surface area contributed by atoms with Crippen molar-refractivity contribution >= 4 is 11.9 Å². The Bertz CT molecular complexity index is 1070. The molecule has 1 aromatic carbocycles. The maximum atomic E-state index is 13.4. The van der Waals surface area contributed by atoms with E-state index in [1.165, 1.54) is 13.0 Å². The highest BCUT2D eigenvalue weighted by molar-refractivity contribution is 5.82. The fourth-order valence-corrected chi connectivity index (χ4v) is 6.07. The number of fused-ring (bicyclic) bond motifs is 2. The SMILES string of the molecule is C=C1OC2(OC(C)=O)O[C@](C)([C@H]1O)[C@](CC[C@H](CCC)c1ccccc1)(OC(=O)C=CC(C)CC(C)CC)[C@H]2O. The van der Waals surface area contributed by atoms with Gasteiger partial charge in [0.2, 0.25) is 6.10 Å². The molecule has 8 atom stereocenters. The molecule has 0 aromatic heterocycles. The van der Waals surface area contributed by atoms with E-state index in [2.05, 4.69) is 27.4 Å². The van der Waals surface area contributed by atoms with Gasteiger partial charge in [-0.3, -0.25) is 9.53 Å². The summed E-state index contributed by atoms with van der Waals surface area (Å²) in [5.74, 6) is -3.24. The maximum absolute atomic E-state index is 13.4. The minimum absolute atomic E-state index is 0.0788. The van der Waals surface area contributed by atoms with Crippen LogP contribution in [0.4, 0.5) is 0 Å². The summed E-state index contributed by atoms with van der Waals surface area (Å²) < 4.78 is 23.2. The molecular formula is C32H46O8. The van der Waals surface area contributed by atoms with Gasteiger partial charge in [0, 0.05) is 13.0 Å². The summed E-state index contributed by atoms with van der Waals surface area (Å²) in [6, 6.07) is 9.98. The number of aliphatic hydroxyl groups excluding tert-OH is 2. The van der Waals surface area contributed by atoms with Crippen LogP contribution < -0.4 is 0 Å². The number of allylic oxidation sites excluding steroid dienone is 1. The Morgan fingerprint density at radius 2 is 1.80 bits per heavy atom. The molecule has 2 aliphatic rings.